The van der Waals surface area contributed by atoms with Crippen molar-refractivity contribution in [2.45, 2.75) is 32.2 Å². The molecule has 6 heteroatoms. The van der Waals surface area contributed by atoms with Crippen molar-refractivity contribution in [1.82, 2.24) is 5.32 Å². The van der Waals surface area contributed by atoms with Crippen molar-refractivity contribution in [1.29, 1.82) is 0 Å². The lowest BCUT2D eigenvalue weighted by molar-refractivity contribution is -0.139. The number of nitrogens with one attached hydrogen (secondary N) is 1. The van der Waals surface area contributed by atoms with Crippen molar-refractivity contribution in [3.8, 4) is 0 Å². The van der Waals surface area contributed by atoms with Gasteiger partial charge in [-0.05, 0) is 18.6 Å². The molecule has 2 N–H and O–H groups in total. The Morgan fingerprint density at radius 1 is 1.47 bits per heavy atom. The van der Waals surface area contributed by atoms with Crippen molar-refractivity contribution < 1.29 is 19.1 Å². The molecular weight excluding hydrogens is 273 g/mol. The molecule has 0 aliphatic heterocycles. The smallest absolute Gasteiger partial charge is 0.326 e. The van der Waals surface area contributed by atoms with E-state index in [1.165, 1.54) is 12.1 Å². The van der Waals surface area contributed by atoms with Crippen molar-refractivity contribution >= 4 is 23.5 Å². The molecule has 1 unspecified atom stereocenters. The average molecular weight is 288 g/mol. The SMILES string of the molecule is CCCCC(NC(=O)c1cccc(F)c1Cl)C(=O)O. The number of carboxylic acid groups (broad SMARTS) is 1. The van der Waals surface area contributed by atoms with E-state index in [1.807, 2.05) is 6.92 Å². The van der Waals surface area contributed by atoms with E-state index in [1.54, 1.807) is 0 Å². The van der Waals surface area contributed by atoms with Crippen LogP contribution in [0.3, 0.4) is 0 Å². The van der Waals surface area contributed by atoms with Gasteiger partial charge in [0.2, 0.25) is 0 Å². The molecule has 1 aromatic rings. The lowest BCUT2D eigenvalue weighted by Crippen LogP contribution is -2.40. The maximum absolute atomic E-state index is 13.2. The summed E-state index contributed by atoms with van der Waals surface area (Å²) < 4.78 is 13.2. The standard InChI is InChI=1S/C13H15ClFNO3/c1-2-3-7-10(13(18)19)16-12(17)8-5-4-6-9(15)11(8)14/h4-6,10H,2-3,7H2,1H3,(H,16,17)(H,18,19). The third-order valence-electron chi connectivity index (χ3n) is 2.65. The van der Waals surface area contributed by atoms with Gasteiger partial charge < -0.3 is 10.4 Å². The zero-order chi connectivity index (χ0) is 14.4. The van der Waals surface area contributed by atoms with Crippen LogP contribution in [0, 0.1) is 5.82 Å². The number of unbranched alkanes of at least 4 members (excludes halogenated alkanes) is 1. The highest BCUT2D eigenvalue weighted by atomic mass is 35.5. The molecule has 0 aliphatic carbocycles. The summed E-state index contributed by atoms with van der Waals surface area (Å²) in [5.41, 5.74) is -0.0654. The van der Waals surface area contributed by atoms with Gasteiger partial charge in [0.1, 0.15) is 11.9 Å². The number of carbonyl (C=O) groups excluding carboxylic acids is 1. The van der Waals surface area contributed by atoms with Crippen molar-refractivity contribution in [2.24, 2.45) is 0 Å². The van der Waals surface area contributed by atoms with Gasteiger partial charge in [0.05, 0.1) is 10.6 Å². The van der Waals surface area contributed by atoms with Crippen LogP contribution in [0.2, 0.25) is 5.02 Å². The van der Waals surface area contributed by atoms with Crippen LogP contribution in [0.5, 0.6) is 0 Å². The van der Waals surface area contributed by atoms with Gasteiger partial charge in [-0.25, -0.2) is 9.18 Å². The first-order valence-electron chi connectivity index (χ1n) is 5.95. The maximum Gasteiger partial charge on any atom is 0.326 e. The monoisotopic (exact) mass is 287 g/mol. The van der Waals surface area contributed by atoms with Gasteiger partial charge in [0, 0.05) is 0 Å². The molecule has 1 rings (SSSR count). The van der Waals surface area contributed by atoms with E-state index in [-0.39, 0.29) is 10.6 Å². The molecule has 104 valence electrons. The van der Waals surface area contributed by atoms with Gasteiger partial charge in [-0.15, -0.1) is 0 Å². The fraction of sp³-hybridized carbons (Fsp3) is 0.385. The van der Waals surface area contributed by atoms with Gasteiger partial charge in [-0.2, -0.15) is 0 Å². The quantitative estimate of drug-likeness (QED) is 0.845. The summed E-state index contributed by atoms with van der Waals surface area (Å²) >= 11 is 5.67. The number of hydrogen-bond donors (Lipinski definition) is 2. The summed E-state index contributed by atoms with van der Waals surface area (Å²) in [6.45, 7) is 1.92. The second kappa shape index (κ2) is 7.09. The van der Waals surface area contributed by atoms with Gasteiger partial charge in [0.15, 0.2) is 0 Å². The van der Waals surface area contributed by atoms with Crippen molar-refractivity contribution in [3.05, 3.63) is 34.6 Å². The molecule has 0 heterocycles. The second-order valence-electron chi connectivity index (χ2n) is 4.11. The Morgan fingerprint density at radius 2 is 2.16 bits per heavy atom. The minimum absolute atomic E-state index is 0.0654. The molecule has 0 fully saturated rings. The molecule has 0 aliphatic rings. The maximum atomic E-state index is 13.2. The zero-order valence-corrected chi connectivity index (χ0v) is 11.2. The summed E-state index contributed by atoms with van der Waals surface area (Å²) in [5.74, 6) is -2.52. The first-order chi connectivity index (χ1) is 8.97. The molecule has 4 nitrogen and oxygen atoms in total. The van der Waals surface area contributed by atoms with E-state index in [0.717, 1.165) is 12.5 Å². The molecule has 1 amide bonds. The molecule has 0 saturated carbocycles. The number of halogens is 2. The molecule has 19 heavy (non-hydrogen) atoms. The van der Waals surface area contributed by atoms with Gasteiger partial charge in [-0.1, -0.05) is 37.4 Å². The lowest BCUT2D eigenvalue weighted by atomic mass is 10.1. The number of carboxylic acids is 1. The van der Waals surface area contributed by atoms with E-state index < -0.39 is 23.7 Å². The van der Waals surface area contributed by atoms with Gasteiger partial charge in [0.25, 0.3) is 5.91 Å². The Kier molecular flexibility index (Phi) is 5.76. The molecule has 1 atom stereocenters. The topological polar surface area (TPSA) is 66.4 Å². The highest BCUT2D eigenvalue weighted by Gasteiger charge is 2.21. The van der Waals surface area contributed by atoms with E-state index >= 15 is 0 Å². The van der Waals surface area contributed by atoms with E-state index in [2.05, 4.69) is 5.32 Å². The molecule has 0 saturated heterocycles. The zero-order valence-electron chi connectivity index (χ0n) is 10.5. The van der Waals surface area contributed by atoms with Crippen LogP contribution in [0.25, 0.3) is 0 Å². The fourth-order valence-corrected chi connectivity index (χ4v) is 1.79. The number of aliphatic carboxylic acids is 1. The first-order valence-corrected chi connectivity index (χ1v) is 6.32. The Bertz CT molecular complexity index is 479. The van der Waals surface area contributed by atoms with E-state index in [4.69, 9.17) is 16.7 Å². The van der Waals surface area contributed by atoms with Crippen LogP contribution in [-0.4, -0.2) is 23.0 Å². The molecule has 1 aromatic carbocycles. The third-order valence-corrected chi connectivity index (χ3v) is 3.03. The van der Waals surface area contributed by atoms with Gasteiger partial charge >= 0.3 is 5.97 Å². The molecule has 0 spiro atoms. The normalized spacial score (nSPS) is 11.9. The Morgan fingerprint density at radius 3 is 2.74 bits per heavy atom. The second-order valence-corrected chi connectivity index (χ2v) is 4.49. The number of hydrogen-bond acceptors (Lipinski definition) is 2. The van der Waals surface area contributed by atoms with Crippen LogP contribution in [0.15, 0.2) is 18.2 Å². The third kappa shape index (κ3) is 4.21. The Hall–Kier alpha value is -1.62. The van der Waals surface area contributed by atoms with Crippen LogP contribution in [0.4, 0.5) is 4.39 Å². The van der Waals surface area contributed by atoms with Crippen LogP contribution in [0.1, 0.15) is 36.5 Å². The molecule has 0 aromatic heterocycles. The predicted octanol–water partition coefficient (Wildman–Crippen LogP) is 2.85. The van der Waals surface area contributed by atoms with Crippen molar-refractivity contribution in [3.63, 3.8) is 0 Å². The number of rotatable bonds is 6. The molecular formula is C13H15ClFNO3. The first kappa shape index (κ1) is 15.4. The highest BCUT2D eigenvalue weighted by molar-refractivity contribution is 6.34. The summed E-state index contributed by atoms with van der Waals surface area (Å²) in [7, 11) is 0. The van der Waals surface area contributed by atoms with Crippen LogP contribution >= 0.6 is 11.6 Å². The highest BCUT2D eigenvalue weighted by Crippen LogP contribution is 2.19. The van der Waals surface area contributed by atoms with Crippen LogP contribution in [-0.2, 0) is 4.79 Å². The predicted molar refractivity (Wildman–Crippen MR) is 69.8 cm³/mol. The summed E-state index contributed by atoms with van der Waals surface area (Å²) in [4.78, 5) is 22.9. The Balaban J connectivity index is 2.82. The number of amides is 1. The summed E-state index contributed by atoms with van der Waals surface area (Å²) in [6.07, 6.45) is 1.82. The minimum Gasteiger partial charge on any atom is -0.480 e. The number of carbonyl (C=O) groups is 2. The average Bonchev–Trinajstić information content (AvgIpc) is 2.37. The largest absolute Gasteiger partial charge is 0.480 e. The number of benzene rings is 1. The van der Waals surface area contributed by atoms with Crippen molar-refractivity contribution in [2.75, 3.05) is 0 Å². The molecule has 0 radical (unpaired) electrons. The van der Waals surface area contributed by atoms with E-state index in [9.17, 15) is 14.0 Å². The lowest BCUT2D eigenvalue weighted by Gasteiger charge is -2.14. The van der Waals surface area contributed by atoms with Crippen LogP contribution < -0.4 is 5.32 Å². The molecule has 0 bridgehead atoms. The Labute approximate surface area is 115 Å². The van der Waals surface area contributed by atoms with E-state index in [0.29, 0.717) is 12.8 Å². The summed E-state index contributed by atoms with van der Waals surface area (Å²) in [5, 5.41) is 11.0. The minimum atomic E-state index is -1.12. The fourth-order valence-electron chi connectivity index (χ4n) is 1.58. The van der Waals surface area contributed by atoms with Gasteiger partial charge in [-0.3, -0.25) is 4.79 Å². The summed E-state index contributed by atoms with van der Waals surface area (Å²) in [6, 6.07) is 2.83.